The van der Waals surface area contributed by atoms with E-state index >= 15 is 0 Å². The first-order chi connectivity index (χ1) is 9.59. The Kier molecular flexibility index (Phi) is 3.18. The summed E-state index contributed by atoms with van der Waals surface area (Å²) in [5.41, 5.74) is 7.62. The third-order valence-electron chi connectivity index (χ3n) is 3.46. The molecule has 2 heterocycles. The predicted molar refractivity (Wildman–Crippen MR) is 75.8 cm³/mol. The molecule has 0 amide bonds. The van der Waals surface area contributed by atoms with Gasteiger partial charge < -0.3 is 19.6 Å². The van der Waals surface area contributed by atoms with E-state index in [2.05, 4.69) is 19.9 Å². The number of hydrogen-bond donors (Lipinski definition) is 1. The second kappa shape index (κ2) is 4.87. The number of fused-ring (bicyclic) bond motifs is 1. The number of hydrogen-bond acceptors (Lipinski definition) is 4. The fourth-order valence-electron chi connectivity index (χ4n) is 2.53. The molecule has 1 aromatic carbocycles. The number of furan rings is 1. The van der Waals surface area contributed by atoms with Crippen molar-refractivity contribution in [3.8, 4) is 11.5 Å². The molecule has 4 heteroatoms. The van der Waals surface area contributed by atoms with E-state index in [0.29, 0.717) is 13.2 Å². The molecule has 3 rings (SSSR count). The van der Waals surface area contributed by atoms with Gasteiger partial charge in [-0.2, -0.15) is 0 Å². The van der Waals surface area contributed by atoms with Gasteiger partial charge in [0.15, 0.2) is 11.5 Å². The molecule has 1 aliphatic heterocycles. The molecule has 0 radical (unpaired) electrons. The highest BCUT2D eigenvalue weighted by Crippen LogP contribution is 2.42. The van der Waals surface area contributed by atoms with Crippen molar-refractivity contribution in [2.45, 2.75) is 39.0 Å². The summed E-state index contributed by atoms with van der Waals surface area (Å²) in [7, 11) is 0. The van der Waals surface area contributed by atoms with E-state index in [1.54, 1.807) is 6.26 Å². The average molecular weight is 273 g/mol. The van der Waals surface area contributed by atoms with Gasteiger partial charge in [0, 0.05) is 17.5 Å². The third-order valence-corrected chi connectivity index (χ3v) is 3.46. The highest BCUT2D eigenvalue weighted by Gasteiger charge is 2.32. The standard InChI is InChI=1S/C16H19NO3/c1-16(2)8-11-4-3-5-13(15(11)20-16)19-10-12-6-7-18-14(12)9-17/h3-7H,8-10,17H2,1-2H3. The Morgan fingerprint density at radius 2 is 2.15 bits per heavy atom. The topological polar surface area (TPSA) is 57.6 Å². The number of rotatable bonds is 4. The van der Waals surface area contributed by atoms with Gasteiger partial charge in [-0.1, -0.05) is 12.1 Å². The van der Waals surface area contributed by atoms with Crippen LogP contribution in [0.1, 0.15) is 30.7 Å². The number of ether oxygens (including phenoxy) is 2. The summed E-state index contributed by atoms with van der Waals surface area (Å²) < 4.78 is 17.2. The monoisotopic (exact) mass is 273 g/mol. The summed E-state index contributed by atoms with van der Waals surface area (Å²) >= 11 is 0. The lowest BCUT2D eigenvalue weighted by atomic mass is 10.0. The fourth-order valence-corrected chi connectivity index (χ4v) is 2.53. The second-order valence-electron chi connectivity index (χ2n) is 5.64. The number of para-hydroxylation sites is 1. The smallest absolute Gasteiger partial charge is 0.165 e. The minimum Gasteiger partial charge on any atom is -0.485 e. The summed E-state index contributed by atoms with van der Waals surface area (Å²) in [6.07, 6.45) is 2.54. The summed E-state index contributed by atoms with van der Waals surface area (Å²) in [5.74, 6) is 2.39. The minimum atomic E-state index is -0.167. The summed E-state index contributed by atoms with van der Waals surface area (Å²) in [6, 6.07) is 7.90. The lowest BCUT2D eigenvalue weighted by Gasteiger charge is -2.18. The van der Waals surface area contributed by atoms with Crippen molar-refractivity contribution in [3.63, 3.8) is 0 Å². The minimum absolute atomic E-state index is 0.167. The first kappa shape index (κ1) is 13.1. The van der Waals surface area contributed by atoms with E-state index in [1.165, 1.54) is 5.56 Å². The van der Waals surface area contributed by atoms with Crippen molar-refractivity contribution in [2.24, 2.45) is 5.73 Å². The van der Waals surface area contributed by atoms with Crippen LogP contribution in [0.4, 0.5) is 0 Å². The van der Waals surface area contributed by atoms with Crippen LogP contribution in [0.5, 0.6) is 11.5 Å². The van der Waals surface area contributed by atoms with Crippen molar-refractivity contribution < 1.29 is 13.9 Å². The molecular formula is C16H19NO3. The fraction of sp³-hybridized carbons (Fsp3) is 0.375. The molecule has 0 saturated carbocycles. The molecule has 4 nitrogen and oxygen atoms in total. The van der Waals surface area contributed by atoms with E-state index in [0.717, 1.165) is 29.2 Å². The molecule has 0 bridgehead atoms. The van der Waals surface area contributed by atoms with Crippen LogP contribution in [0.15, 0.2) is 34.9 Å². The van der Waals surface area contributed by atoms with Crippen LogP contribution in [0.25, 0.3) is 0 Å². The molecule has 0 spiro atoms. The van der Waals surface area contributed by atoms with Crippen molar-refractivity contribution in [1.29, 1.82) is 0 Å². The Morgan fingerprint density at radius 3 is 2.95 bits per heavy atom. The van der Waals surface area contributed by atoms with Crippen LogP contribution in [0, 0.1) is 0 Å². The van der Waals surface area contributed by atoms with Gasteiger partial charge in [-0.15, -0.1) is 0 Å². The Balaban J connectivity index is 1.78. The zero-order chi connectivity index (χ0) is 14.2. The van der Waals surface area contributed by atoms with Gasteiger partial charge in [-0.05, 0) is 26.0 Å². The maximum Gasteiger partial charge on any atom is 0.165 e. The van der Waals surface area contributed by atoms with Gasteiger partial charge >= 0.3 is 0 Å². The SMILES string of the molecule is CC1(C)Cc2cccc(OCc3ccoc3CN)c2O1. The molecule has 20 heavy (non-hydrogen) atoms. The second-order valence-corrected chi connectivity index (χ2v) is 5.64. The molecule has 1 aromatic heterocycles. The summed E-state index contributed by atoms with van der Waals surface area (Å²) in [5, 5.41) is 0. The Hall–Kier alpha value is -1.94. The quantitative estimate of drug-likeness (QED) is 0.930. The van der Waals surface area contributed by atoms with E-state index in [1.807, 2.05) is 18.2 Å². The zero-order valence-corrected chi connectivity index (χ0v) is 11.8. The molecule has 0 unspecified atom stereocenters. The van der Waals surface area contributed by atoms with Crippen LogP contribution < -0.4 is 15.2 Å². The van der Waals surface area contributed by atoms with Gasteiger partial charge in [0.05, 0.1) is 12.8 Å². The van der Waals surface area contributed by atoms with Gasteiger partial charge in [0.1, 0.15) is 18.0 Å². The maximum atomic E-state index is 5.98. The summed E-state index contributed by atoms with van der Waals surface area (Å²) in [4.78, 5) is 0. The van der Waals surface area contributed by atoms with Gasteiger partial charge in [0.25, 0.3) is 0 Å². The Bertz CT molecular complexity index is 616. The predicted octanol–water partition coefficient (Wildman–Crippen LogP) is 3.03. The first-order valence-corrected chi connectivity index (χ1v) is 6.78. The average Bonchev–Trinajstić information content (AvgIpc) is 2.97. The van der Waals surface area contributed by atoms with Crippen molar-refractivity contribution in [2.75, 3.05) is 0 Å². The normalized spacial score (nSPS) is 15.8. The first-order valence-electron chi connectivity index (χ1n) is 6.78. The van der Waals surface area contributed by atoms with Crippen LogP contribution in [0.2, 0.25) is 0 Å². The van der Waals surface area contributed by atoms with E-state index in [-0.39, 0.29) is 5.60 Å². The van der Waals surface area contributed by atoms with E-state index < -0.39 is 0 Å². The lowest BCUT2D eigenvalue weighted by Crippen LogP contribution is -2.24. The molecule has 1 aliphatic rings. The molecule has 0 fully saturated rings. The van der Waals surface area contributed by atoms with Crippen molar-refractivity contribution in [3.05, 3.63) is 47.4 Å². The van der Waals surface area contributed by atoms with Gasteiger partial charge in [0.2, 0.25) is 0 Å². The highest BCUT2D eigenvalue weighted by molar-refractivity contribution is 5.50. The molecule has 2 aromatic rings. The number of nitrogens with two attached hydrogens (primary N) is 1. The van der Waals surface area contributed by atoms with Crippen molar-refractivity contribution in [1.82, 2.24) is 0 Å². The third kappa shape index (κ3) is 2.39. The zero-order valence-electron chi connectivity index (χ0n) is 11.8. The van der Waals surface area contributed by atoms with Crippen LogP contribution in [-0.4, -0.2) is 5.60 Å². The van der Waals surface area contributed by atoms with Crippen LogP contribution >= 0.6 is 0 Å². The lowest BCUT2D eigenvalue weighted by molar-refractivity contribution is 0.131. The molecule has 106 valence electrons. The highest BCUT2D eigenvalue weighted by atomic mass is 16.5. The molecule has 2 N–H and O–H groups in total. The van der Waals surface area contributed by atoms with Gasteiger partial charge in [-0.25, -0.2) is 0 Å². The largest absolute Gasteiger partial charge is 0.485 e. The van der Waals surface area contributed by atoms with E-state index in [9.17, 15) is 0 Å². The van der Waals surface area contributed by atoms with Crippen LogP contribution in [0.3, 0.4) is 0 Å². The number of benzene rings is 1. The Labute approximate surface area is 118 Å². The molecule has 0 atom stereocenters. The molecule has 0 saturated heterocycles. The van der Waals surface area contributed by atoms with Gasteiger partial charge in [-0.3, -0.25) is 0 Å². The summed E-state index contributed by atoms with van der Waals surface area (Å²) in [6.45, 7) is 4.98. The van der Waals surface area contributed by atoms with Crippen molar-refractivity contribution >= 4 is 0 Å². The Morgan fingerprint density at radius 1 is 1.30 bits per heavy atom. The van der Waals surface area contributed by atoms with Crippen LogP contribution in [-0.2, 0) is 19.6 Å². The molecule has 0 aliphatic carbocycles. The molecular weight excluding hydrogens is 254 g/mol. The van der Waals surface area contributed by atoms with E-state index in [4.69, 9.17) is 19.6 Å². The maximum absolute atomic E-state index is 5.98.